The van der Waals surface area contributed by atoms with Crippen molar-refractivity contribution in [2.75, 3.05) is 26.2 Å². The van der Waals surface area contributed by atoms with Gasteiger partial charge in [-0.25, -0.2) is 4.98 Å². The van der Waals surface area contributed by atoms with Gasteiger partial charge in [-0.2, -0.15) is 0 Å². The number of nitrogens with one attached hydrogen (secondary N) is 2. The highest BCUT2D eigenvalue weighted by molar-refractivity contribution is 7.17. The Hall–Kier alpha value is -2.16. The van der Waals surface area contributed by atoms with Crippen LogP contribution in [0.4, 0.5) is 0 Å². The number of carbonyl (C=O) groups excluding carboxylic acids is 1. The fourth-order valence-corrected chi connectivity index (χ4v) is 3.87. The fourth-order valence-electron chi connectivity index (χ4n) is 2.98. The van der Waals surface area contributed by atoms with Gasteiger partial charge in [0.25, 0.3) is 11.5 Å². The van der Waals surface area contributed by atoms with Crippen LogP contribution in [0.1, 0.15) is 16.3 Å². The molecule has 1 fully saturated rings. The van der Waals surface area contributed by atoms with Crippen molar-refractivity contribution in [1.29, 1.82) is 0 Å². The third kappa shape index (κ3) is 3.33. The highest BCUT2D eigenvalue weighted by Crippen LogP contribution is 2.16. The standard InChI is InChI=1S/C16H16ClN5O2S/c17-10-7-12(18-8-10)16(24)22-4-2-21(3-5-22)9-13-19-11-1-6-25-14(11)15(23)20-13/h1,6-8,18H,2-5,9H2,(H,19,20,23). The van der Waals surface area contributed by atoms with Gasteiger partial charge in [0.05, 0.1) is 17.1 Å². The summed E-state index contributed by atoms with van der Waals surface area (Å²) in [6.07, 6.45) is 1.60. The molecule has 3 aromatic rings. The molecule has 4 rings (SSSR count). The number of amides is 1. The van der Waals surface area contributed by atoms with Gasteiger partial charge in [-0.15, -0.1) is 11.3 Å². The molecule has 0 aliphatic carbocycles. The number of nitrogens with zero attached hydrogens (tertiary/aromatic N) is 3. The summed E-state index contributed by atoms with van der Waals surface area (Å²) >= 11 is 7.25. The predicted octanol–water partition coefficient (Wildman–Crippen LogP) is 1.92. The molecule has 1 aliphatic heterocycles. The van der Waals surface area contributed by atoms with Crippen LogP contribution in [0.15, 0.2) is 28.5 Å². The summed E-state index contributed by atoms with van der Waals surface area (Å²) in [6, 6.07) is 3.50. The molecule has 0 saturated carbocycles. The SMILES string of the molecule is O=C(c1cc(Cl)c[nH]1)N1CCN(Cc2nc3ccsc3c(=O)[nH]2)CC1. The van der Waals surface area contributed by atoms with Gasteiger partial charge in [0.15, 0.2) is 0 Å². The van der Waals surface area contributed by atoms with Crippen LogP contribution in [0.2, 0.25) is 5.02 Å². The third-order valence-electron chi connectivity index (χ3n) is 4.27. The van der Waals surface area contributed by atoms with E-state index in [1.165, 1.54) is 11.3 Å². The zero-order valence-corrected chi connectivity index (χ0v) is 14.9. The van der Waals surface area contributed by atoms with Crippen molar-refractivity contribution >= 4 is 39.1 Å². The van der Waals surface area contributed by atoms with Gasteiger partial charge in [-0.1, -0.05) is 11.6 Å². The molecule has 7 nitrogen and oxygen atoms in total. The van der Waals surface area contributed by atoms with Crippen molar-refractivity contribution in [3.8, 4) is 0 Å². The van der Waals surface area contributed by atoms with Gasteiger partial charge in [0.2, 0.25) is 0 Å². The largest absolute Gasteiger partial charge is 0.356 e. The zero-order valence-electron chi connectivity index (χ0n) is 13.3. The molecule has 0 unspecified atom stereocenters. The number of halogens is 1. The Morgan fingerprint density at radius 1 is 1.32 bits per heavy atom. The molecule has 0 spiro atoms. The van der Waals surface area contributed by atoms with E-state index in [1.807, 2.05) is 11.4 Å². The quantitative estimate of drug-likeness (QED) is 0.730. The van der Waals surface area contributed by atoms with Gasteiger partial charge < -0.3 is 14.9 Å². The average molecular weight is 378 g/mol. The van der Waals surface area contributed by atoms with Crippen molar-refractivity contribution in [2.45, 2.75) is 6.54 Å². The minimum Gasteiger partial charge on any atom is -0.356 e. The van der Waals surface area contributed by atoms with Crippen molar-refractivity contribution in [2.24, 2.45) is 0 Å². The number of H-pyrrole nitrogens is 2. The molecular formula is C16H16ClN5O2S. The van der Waals surface area contributed by atoms with E-state index in [1.54, 1.807) is 17.2 Å². The van der Waals surface area contributed by atoms with Crippen LogP contribution < -0.4 is 5.56 Å². The van der Waals surface area contributed by atoms with Gasteiger partial charge in [0.1, 0.15) is 16.2 Å². The molecular weight excluding hydrogens is 362 g/mol. The van der Waals surface area contributed by atoms with Gasteiger partial charge in [0, 0.05) is 32.4 Å². The van der Waals surface area contributed by atoms with E-state index in [0.29, 0.717) is 40.9 Å². The first-order valence-electron chi connectivity index (χ1n) is 7.92. The highest BCUT2D eigenvalue weighted by Gasteiger charge is 2.23. The first-order valence-corrected chi connectivity index (χ1v) is 9.18. The Balaban J connectivity index is 1.40. The fraction of sp³-hybridized carbons (Fsp3) is 0.312. The topological polar surface area (TPSA) is 85.1 Å². The van der Waals surface area contributed by atoms with Gasteiger partial charge in [-0.3, -0.25) is 14.5 Å². The smallest absolute Gasteiger partial charge is 0.270 e. The van der Waals surface area contributed by atoms with E-state index in [4.69, 9.17) is 11.6 Å². The van der Waals surface area contributed by atoms with Crippen LogP contribution in [0.5, 0.6) is 0 Å². The summed E-state index contributed by atoms with van der Waals surface area (Å²) in [5, 5.41) is 2.40. The second-order valence-electron chi connectivity index (χ2n) is 5.95. The lowest BCUT2D eigenvalue weighted by Crippen LogP contribution is -2.48. The molecule has 1 saturated heterocycles. The predicted molar refractivity (Wildman–Crippen MR) is 97.2 cm³/mol. The number of carbonyl (C=O) groups is 1. The Morgan fingerprint density at radius 3 is 2.84 bits per heavy atom. The van der Waals surface area contributed by atoms with Gasteiger partial charge in [-0.05, 0) is 17.5 Å². The Bertz CT molecular complexity index is 970. The average Bonchev–Trinajstić information content (AvgIpc) is 3.24. The van der Waals surface area contributed by atoms with Crippen LogP contribution >= 0.6 is 22.9 Å². The summed E-state index contributed by atoms with van der Waals surface area (Å²) in [4.78, 5) is 38.7. The first-order chi connectivity index (χ1) is 12.1. The number of piperazine rings is 1. The molecule has 0 radical (unpaired) electrons. The number of hydrogen-bond acceptors (Lipinski definition) is 5. The molecule has 3 aromatic heterocycles. The summed E-state index contributed by atoms with van der Waals surface area (Å²) in [7, 11) is 0. The normalized spacial score (nSPS) is 15.8. The molecule has 2 N–H and O–H groups in total. The molecule has 0 atom stereocenters. The van der Waals surface area contributed by atoms with E-state index in [2.05, 4.69) is 19.9 Å². The molecule has 1 amide bonds. The van der Waals surface area contributed by atoms with Crippen LogP contribution in [-0.2, 0) is 6.54 Å². The summed E-state index contributed by atoms with van der Waals surface area (Å²) in [5.74, 6) is 0.615. The molecule has 0 aromatic carbocycles. The van der Waals surface area contributed by atoms with Crippen molar-refractivity contribution < 1.29 is 4.79 Å². The maximum atomic E-state index is 12.4. The second-order valence-corrected chi connectivity index (χ2v) is 7.30. The van der Waals surface area contributed by atoms with Crippen LogP contribution in [0.25, 0.3) is 10.2 Å². The van der Waals surface area contributed by atoms with Gasteiger partial charge >= 0.3 is 0 Å². The van der Waals surface area contributed by atoms with E-state index in [9.17, 15) is 9.59 Å². The Kier molecular flexibility index (Phi) is 4.32. The van der Waals surface area contributed by atoms with E-state index in [0.717, 1.165) is 18.6 Å². The molecule has 25 heavy (non-hydrogen) atoms. The second kappa shape index (κ2) is 6.62. The summed E-state index contributed by atoms with van der Waals surface area (Å²) in [5.41, 5.74) is 1.15. The number of aromatic nitrogens is 3. The highest BCUT2D eigenvalue weighted by atomic mass is 35.5. The lowest BCUT2D eigenvalue weighted by molar-refractivity contribution is 0.0620. The summed E-state index contributed by atoms with van der Waals surface area (Å²) < 4.78 is 0.656. The molecule has 1 aliphatic rings. The number of hydrogen-bond donors (Lipinski definition) is 2. The Morgan fingerprint density at radius 2 is 2.12 bits per heavy atom. The number of aromatic amines is 2. The lowest BCUT2D eigenvalue weighted by atomic mass is 10.2. The number of fused-ring (bicyclic) bond motifs is 1. The molecule has 0 bridgehead atoms. The van der Waals surface area contributed by atoms with Crippen molar-refractivity contribution in [3.05, 3.63) is 50.6 Å². The zero-order chi connectivity index (χ0) is 17.4. The lowest BCUT2D eigenvalue weighted by Gasteiger charge is -2.34. The molecule has 130 valence electrons. The maximum Gasteiger partial charge on any atom is 0.270 e. The van der Waals surface area contributed by atoms with Crippen LogP contribution in [-0.4, -0.2) is 56.8 Å². The number of thiophene rings is 1. The van der Waals surface area contributed by atoms with E-state index >= 15 is 0 Å². The first kappa shape index (κ1) is 16.3. The van der Waals surface area contributed by atoms with Crippen LogP contribution in [0.3, 0.4) is 0 Å². The van der Waals surface area contributed by atoms with E-state index in [-0.39, 0.29) is 11.5 Å². The number of rotatable bonds is 3. The Labute approximate surface area is 152 Å². The van der Waals surface area contributed by atoms with Crippen molar-refractivity contribution in [3.63, 3.8) is 0 Å². The minimum absolute atomic E-state index is 0.0437. The maximum absolute atomic E-state index is 12.4. The van der Waals surface area contributed by atoms with E-state index < -0.39 is 0 Å². The minimum atomic E-state index is -0.0903. The molecule has 4 heterocycles. The monoisotopic (exact) mass is 377 g/mol. The van der Waals surface area contributed by atoms with Crippen molar-refractivity contribution in [1.82, 2.24) is 24.8 Å². The third-order valence-corrected chi connectivity index (χ3v) is 5.40. The summed E-state index contributed by atoms with van der Waals surface area (Å²) in [6.45, 7) is 3.27. The molecule has 9 heteroatoms. The van der Waals surface area contributed by atoms with Crippen LogP contribution in [0, 0.1) is 0 Å².